The Hall–Kier alpha value is -4.48. The first-order chi connectivity index (χ1) is 15.0. The van der Waals surface area contributed by atoms with Crippen molar-refractivity contribution in [1.29, 1.82) is 0 Å². The highest BCUT2D eigenvalue weighted by atomic mass is 16.6. The molecule has 0 aliphatic heterocycles. The SMILES string of the molecule is CC(=O)Oc1cc2c(=O)oc3cc(OC(C)=O)c(=O)oc3c2c(OC(C)=O)c1OC(C)=O. The maximum Gasteiger partial charge on any atom is 0.380 e. The fourth-order valence-corrected chi connectivity index (χ4v) is 2.78. The van der Waals surface area contributed by atoms with Crippen LogP contribution in [-0.2, 0) is 19.2 Å². The smallest absolute Gasteiger partial charge is 0.380 e. The number of hydrogen-bond acceptors (Lipinski definition) is 12. The second kappa shape index (κ2) is 8.34. The van der Waals surface area contributed by atoms with Gasteiger partial charge in [-0.2, -0.15) is 0 Å². The molecule has 0 aliphatic carbocycles. The van der Waals surface area contributed by atoms with Gasteiger partial charge in [0.25, 0.3) is 0 Å². The molecule has 0 N–H and O–H groups in total. The number of carbonyl (C=O) groups is 4. The number of ether oxygens (including phenoxy) is 4. The van der Waals surface area contributed by atoms with Gasteiger partial charge in [-0.15, -0.1) is 0 Å². The zero-order chi connectivity index (χ0) is 23.7. The lowest BCUT2D eigenvalue weighted by Gasteiger charge is -2.15. The molecular formula is C20H14O12. The molecule has 3 aromatic rings. The topological polar surface area (TPSA) is 166 Å². The first-order valence-corrected chi connectivity index (χ1v) is 8.83. The van der Waals surface area contributed by atoms with Gasteiger partial charge in [0, 0.05) is 39.8 Å². The lowest BCUT2D eigenvalue weighted by atomic mass is 10.1. The van der Waals surface area contributed by atoms with Crippen LogP contribution in [0.5, 0.6) is 23.0 Å². The molecule has 0 fully saturated rings. The van der Waals surface area contributed by atoms with Crippen LogP contribution in [0, 0.1) is 0 Å². The molecule has 0 spiro atoms. The van der Waals surface area contributed by atoms with E-state index < -0.39 is 58.1 Å². The molecule has 0 radical (unpaired) electrons. The zero-order valence-corrected chi connectivity index (χ0v) is 17.1. The summed E-state index contributed by atoms with van der Waals surface area (Å²) >= 11 is 0. The highest BCUT2D eigenvalue weighted by Crippen LogP contribution is 2.45. The van der Waals surface area contributed by atoms with Crippen LogP contribution < -0.4 is 30.2 Å². The van der Waals surface area contributed by atoms with Crippen molar-refractivity contribution in [1.82, 2.24) is 0 Å². The first-order valence-electron chi connectivity index (χ1n) is 8.83. The summed E-state index contributed by atoms with van der Waals surface area (Å²) < 4.78 is 30.2. The number of fused-ring (bicyclic) bond motifs is 3. The van der Waals surface area contributed by atoms with Crippen LogP contribution in [0.15, 0.2) is 30.6 Å². The van der Waals surface area contributed by atoms with Crippen LogP contribution in [0.2, 0.25) is 0 Å². The number of esters is 4. The summed E-state index contributed by atoms with van der Waals surface area (Å²) in [7, 11) is 0. The van der Waals surface area contributed by atoms with E-state index in [-0.39, 0.29) is 21.9 Å². The standard InChI is InChI=1S/C20H14O12/c1-7(21)27-12-5-11-15(18(30-10(4)24)17(12)29-9(3)23)16-13(31-19(11)25)6-14(20(26)32-16)28-8(2)22/h5-6H,1-4H3. The minimum Gasteiger partial charge on any atom is -0.423 e. The second-order valence-electron chi connectivity index (χ2n) is 6.31. The zero-order valence-electron chi connectivity index (χ0n) is 17.1. The van der Waals surface area contributed by atoms with E-state index in [2.05, 4.69) is 0 Å². The molecule has 0 atom stereocenters. The van der Waals surface area contributed by atoms with Crippen LogP contribution in [0.4, 0.5) is 0 Å². The third-order valence-corrected chi connectivity index (χ3v) is 3.73. The molecular weight excluding hydrogens is 432 g/mol. The van der Waals surface area contributed by atoms with Gasteiger partial charge in [-0.05, 0) is 0 Å². The van der Waals surface area contributed by atoms with E-state index in [0.717, 1.165) is 39.8 Å². The summed E-state index contributed by atoms with van der Waals surface area (Å²) in [5.74, 6) is -5.49. The predicted octanol–water partition coefficient (Wildman–Crippen LogP) is 1.60. The molecule has 1 aromatic carbocycles. The molecule has 12 nitrogen and oxygen atoms in total. The Morgan fingerprint density at radius 1 is 0.656 bits per heavy atom. The van der Waals surface area contributed by atoms with Gasteiger partial charge in [0.15, 0.2) is 22.7 Å². The highest BCUT2D eigenvalue weighted by Gasteiger charge is 2.27. The van der Waals surface area contributed by atoms with Gasteiger partial charge in [0.05, 0.1) is 10.8 Å². The van der Waals surface area contributed by atoms with Crippen molar-refractivity contribution < 1.29 is 47.0 Å². The van der Waals surface area contributed by atoms with E-state index >= 15 is 0 Å². The molecule has 2 heterocycles. The Bertz CT molecular complexity index is 1420. The monoisotopic (exact) mass is 446 g/mol. The molecule has 2 aromatic heterocycles. The van der Waals surface area contributed by atoms with Crippen molar-refractivity contribution in [2.24, 2.45) is 0 Å². The Kier molecular flexibility index (Phi) is 5.79. The normalized spacial score (nSPS) is 10.6. The van der Waals surface area contributed by atoms with Crippen LogP contribution in [0.3, 0.4) is 0 Å². The molecule has 0 unspecified atom stereocenters. The van der Waals surface area contributed by atoms with E-state index in [4.69, 9.17) is 27.8 Å². The quantitative estimate of drug-likeness (QED) is 0.323. The molecule has 0 saturated carbocycles. The van der Waals surface area contributed by atoms with Gasteiger partial charge in [0.2, 0.25) is 11.5 Å². The number of hydrogen-bond donors (Lipinski definition) is 0. The van der Waals surface area contributed by atoms with Crippen LogP contribution in [0.1, 0.15) is 27.7 Å². The van der Waals surface area contributed by atoms with Gasteiger partial charge in [-0.3, -0.25) is 19.2 Å². The highest BCUT2D eigenvalue weighted by molar-refractivity contribution is 6.08. The Morgan fingerprint density at radius 2 is 1.19 bits per heavy atom. The van der Waals surface area contributed by atoms with Crippen molar-refractivity contribution in [3.63, 3.8) is 0 Å². The first kappa shape index (κ1) is 22.2. The molecule has 3 rings (SSSR count). The maximum absolute atomic E-state index is 12.6. The fraction of sp³-hybridized carbons (Fsp3) is 0.200. The fourth-order valence-electron chi connectivity index (χ4n) is 2.78. The molecule has 166 valence electrons. The van der Waals surface area contributed by atoms with Crippen molar-refractivity contribution in [3.8, 4) is 23.0 Å². The molecule has 12 heteroatoms. The molecule has 0 amide bonds. The molecule has 32 heavy (non-hydrogen) atoms. The van der Waals surface area contributed by atoms with E-state index in [0.29, 0.717) is 0 Å². The van der Waals surface area contributed by atoms with Crippen LogP contribution in [0.25, 0.3) is 21.9 Å². The number of carbonyl (C=O) groups excluding carboxylic acids is 4. The Morgan fingerprint density at radius 3 is 1.75 bits per heavy atom. The summed E-state index contributed by atoms with van der Waals surface area (Å²) in [4.78, 5) is 71.0. The van der Waals surface area contributed by atoms with Crippen molar-refractivity contribution >= 4 is 45.8 Å². The van der Waals surface area contributed by atoms with Gasteiger partial charge in [0.1, 0.15) is 0 Å². The average Bonchev–Trinajstić information content (AvgIpc) is 2.64. The minimum absolute atomic E-state index is 0.287. The summed E-state index contributed by atoms with van der Waals surface area (Å²) in [5, 5.41) is -0.616. The lowest BCUT2D eigenvalue weighted by Crippen LogP contribution is -2.14. The summed E-state index contributed by atoms with van der Waals surface area (Å²) in [6.07, 6.45) is 0. The average molecular weight is 446 g/mol. The maximum atomic E-state index is 12.6. The van der Waals surface area contributed by atoms with Crippen LogP contribution >= 0.6 is 0 Å². The van der Waals surface area contributed by atoms with E-state index in [1.54, 1.807) is 0 Å². The van der Waals surface area contributed by atoms with Gasteiger partial charge in [-0.1, -0.05) is 0 Å². The van der Waals surface area contributed by atoms with E-state index in [9.17, 15) is 28.8 Å². The molecule has 0 bridgehead atoms. The van der Waals surface area contributed by atoms with Gasteiger partial charge in [-0.25, -0.2) is 9.59 Å². The predicted molar refractivity (Wildman–Crippen MR) is 104 cm³/mol. The van der Waals surface area contributed by atoms with Crippen molar-refractivity contribution in [2.45, 2.75) is 27.7 Å². The second-order valence-corrected chi connectivity index (χ2v) is 6.31. The summed E-state index contributed by atoms with van der Waals surface area (Å²) in [6, 6.07) is 1.93. The largest absolute Gasteiger partial charge is 0.423 e. The molecule has 0 saturated heterocycles. The van der Waals surface area contributed by atoms with Crippen molar-refractivity contribution in [3.05, 3.63) is 33.0 Å². The van der Waals surface area contributed by atoms with Gasteiger partial charge >= 0.3 is 35.1 Å². The van der Waals surface area contributed by atoms with Crippen LogP contribution in [-0.4, -0.2) is 23.9 Å². The lowest BCUT2D eigenvalue weighted by molar-refractivity contribution is -0.135. The third kappa shape index (κ3) is 4.33. The third-order valence-electron chi connectivity index (χ3n) is 3.73. The summed E-state index contributed by atoms with van der Waals surface area (Å²) in [5.41, 5.74) is -2.87. The Labute approximate surface area is 177 Å². The number of rotatable bonds is 4. The number of benzene rings is 1. The van der Waals surface area contributed by atoms with E-state index in [1.807, 2.05) is 0 Å². The molecule has 0 aliphatic rings. The minimum atomic E-state index is -1.12. The summed E-state index contributed by atoms with van der Waals surface area (Å²) in [6.45, 7) is 4.14. The van der Waals surface area contributed by atoms with E-state index in [1.165, 1.54) is 0 Å². The Balaban J connectivity index is 2.54. The van der Waals surface area contributed by atoms with Gasteiger partial charge < -0.3 is 27.8 Å². The van der Waals surface area contributed by atoms with Crippen molar-refractivity contribution in [2.75, 3.05) is 0 Å².